The molecule has 0 radical (unpaired) electrons. The summed E-state index contributed by atoms with van der Waals surface area (Å²) in [6.45, 7) is 9.59. The number of esters is 2. The summed E-state index contributed by atoms with van der Waals surface area (Å²) in [5, 5.41) is 26.5. The summed E-state index contributed by atoms with van der Waals surface area (Å²) in [4.78, 5) is 45.3. The maximum atomic E-state index is 11.0. The lowest BCUT2D eigenvalue weighted by atomic mass is 10.4. The highest BCUT2D eigenvalue weighted by molar-refractivity contribution is 5.87. The lowest BCUT2D eigenvalue weighted by Crippen LogP contribution is -2.28. The van der Waals surface area contributed by atoms with E-state index in [9.17, 15) is 19.2 Å². The van der Waals surface area contributed by atoms with Gasteiger partial charge in [-0.25, -0.2) is 24.2 Å². The number of carbonyl (C=O) groups is 3. The summed E-state index contributed by atoms with van der Waals surface area (Å²) in [6, 6.07) is 0. The van der Waals surface area contributed by atoms with Crippen molar-refractivity contribution in [2.75, 3.05) is 52.7 Å². The standard InChI is InChI=1S/C11H15NO5.C7H9NO3.C4H6O2.CH4/c1-9(2)10(14)16-8-5-12-11(15)17-7-4-3-6-13;1-6(2)7(10)11-4-3-8-5-9;5-3-1-2-4-6;/h13H,1,5-8H2,2H3,(H,12,15);1,3-4H2,2H3;5-6H,3-4H2;1H4. The summed E-state index contributed by atoms with van der Waals surface area (Å²) in [6.07, 6.45) is 0.669. The maximum Gasteiger partial charge on any atom is 0.408 e. The number of hydrogen-bond donors (Lipinski definition) is 4. The molecule has 0 rings (SSSR count). The van der Waals surface area contributed by atoms with Crippen LogP contribution in [0.2, 0.25) is 0 Å². The zero-order valence-corrected chi connectivity index (χ0v) is 19.2. The normalized spacial score (nSPS) is 7.80. The summed E-state index contributed by atoms with van der Waals surface area (Å²) in [5.41, 5.74) is 0.631. The number of nitrogens with one attached hydrogen (secondary N) is 1. The summed E-state index contributed by atoms with van der Waals surface area (Å²) >= 11 is 0. The molecule has 4 N–H and O–H groups in total. The molecule has 0 bridgehead atoms. The first kappa shape index (κ1) is 38.3. The Morgan fingerprint density at radius 2 is 1.29 bits per heavy atom. The average Bonchev–Trinajstić information content (AvgIpc) is 2.81. The van der Waals surface area contributed by atoms with Crippen molar-refractivity contribution in [1.82, 2.24) is 5.32 Å². The van der Waals surface area contributed by atoms with Gasteiger partial charge in [0.05, 0.1) is 13.1 Å². The van der Waals surface area contributed by atoms with Crippen LogP contribution in [-0.2, 0) is 28.6 Å². The number of ether oxygens (including phenoxy) is 3. The smallest absolute Gasteiger partial charge is 0.408 e. The number of alkyl carbamates (subject to hydrolysis) is 1. The molecule has 12 nitrogen and oxygen atoms in total. The number of aliphatic hydroxyl groups is 3. The molecule has 12 heteroatoms. The van der Waals surface area contributed by atoms with E-state index in [0.29, 0.717) is 11.1 Å². The van der Waals surface area contributed by atoms with Crippen molar-refractivity contribution in [1.29, 1.82) is 0 Å². The van der Waals surface area contributed by atoms with Crippen molar-refractivity contribution in [3.05, 3.63) is 24.3 Å². The van der Waals surface area contributed by atoms with Crippen molar-refractivity contribution in [3.8, 4) is 23.7 Å². The Bertz CT molecular complexity index is 802. The van der Waals surface area contributed by atoms with Crippen LogP contribution in [-0.4, -0.2) is 92.2 Å². The highest BCUT2D eigenvalue weighted by Gasteiger charge is 2.04. The summed E-state index contributed by atoms with van der Waals surface area (Å²) in [7, 11) is 0. The van der Waals surface area contributed by atoms with Gasteiger partial charge in [0.1, 0.15) is 33.0 Å². The van der Waals surface area contributed by atoms with E-state index in [-0.39, 0.29) is 60.2 Å². The van der Waals surface area contributed by atoms with Crippen molar-refractivity contribution >= 4 is 24.1 Å². The number of aliphatic hydroxyl groups excluding tert-OH is 3. The lowest BCUT2D eigenvalue weighted by molar-refractivity contribution is -0.139. The number of rotatable bonds is 9. The van der Waals surface area contributed by atoms with E-state index in [1.54, 1.807) is 6.92 Å². The first-order valence-corrected chi connectivity index (χ1v) is 9.51. The maximum absolute atomic E-state index is 11.0. The van der Waals surface area contributed by atoms with Crippen molar-refractivity contribution in [2.45, 2.75) is 21.3 Å². The van der Waals surface area contributed by atoms with Gasteiger partial charge in [-0.3, -0.25) is 0 Å². The molecule has 35 heavy (non-hydrogen) atoms. The molecule has 0 aromatic heterocycles. The number of carbonyl (C=O) groups excluding carboxylic acids is 4. The Balaban J connectivity index is -0.000000229. The summed E-state index contributed by atoms with van der Waals surface area (Å²) < 4.78 is 13.9. The Labute approximate surface area is 205 Å². The second-order valence-corrected chi connectivity index (χ2v) is 5.49. The van der Waals surface area contributed by atoms with Crippen molar-refractivity contribution in [2.24, 2.45) is 4.99 Å². The molecular formula is C23H34N2O10. The molecule has 1 amide bonds. The Morgan fingerprint density at radius 3 is 1.71 bits per heavy atom. The van der Waals surface area contributed by atoms with Crippen LogP contribution >= 0.6 is 0 Å². The van der Waals surface area contributed by atoms with E-state index in [1.807, 2.05) is 0 Å². The number of amides is 1. The molecule has 0 aliphatic heterocycles. The van der Waals surface area contributed by atoms with Crippen LogP contribution in [0.5, 0.6) is 0 Å². The van der Waals surface area contributed by atoms with Gasteiger partial charge >= 0.3 is 18.0 Å². The van der Waals surface area contributed by atoms with E-state index < -0.39 is 18.0 Å². The predicted molar refractivity (Wildman–Crippen MR) is 127 cm³/mol. The van der Waals surface area contributed by atoms with E-state index >= 15 is 0 Å². The second-order valence-electron chi connectivity index (χ2n) is 5.49. The molecule has 0 saturated heterocycles. The van der Waals surface area contributed by atoms with Crippen molar-refractivity contribution in [3.63, 3.8) is 0 Å². The largest absolute Gasteiger partial charge is 0.460 e. The Morgan fingerprint density at radius 1 is 0.829 bits per heavy atom. The quantitative estimate of drug-likeness (QED) is 0.0636. The first-order valence-electron chi connectivity index (χ1n) is 9.51. The molecule has 0 unspecified atom stereocenters. The third kappa shape index (κ3) is 34.9. The number of aliphatic imine (C=N–C) groups is 1. The van der Waals surface area contributed by atoms with Gasteiger partial charge in [-0.1, -0.05) is 44.3 Å². The van der Waals surface area contributed by atoms with E-state index in [0.717, 1.165) is 0 Å². The fraction of sp³-hybridized carbons (Fsp3) is 0.478. The van der Waals surface area contributed by atoms with E-state index in [4.69, 9.17) is 20.1 Å². The van der Waals surface area contributed by atoms with Crippen LogP contribution in [0.3, 0.4) is 0 Å². The number of isocyanates is 1. The van der Waals surface area contributed by atoms with Gasteiger partial charge in [0.25, 0.3) is 0 Å². The van der Waals surface area contributed by atoms with E-state index in [2.05, 4.69) is 56.6 Å². The molecule has 196 valence electrons. The van der Waals surface area contributed by atoms with Gasteiger partial charge in [-0.15, -0.1) is 0 Å². The molecule has 0 saturated carbocycles. The lowest BCUT2D eigenvalue weighted by Gasteiger charge is -2.05. The van der Waals surface area contributed by atoms with Gasteiger partial charge in [0.15, 0.2) is 6.61 Å². The molecule has 0 aromatic carbocycles. The Hall–Kier alpha value is -3.93. The fourth-order valence-electron chi connectivity index (χ4n) is 1.14. The van der Waals surface area contributed by atoms with Crippen LogP contribution in [0.4, 0.5) is 4.79 Å². The fourth-order valence-corrected chi connectivity index (χ4v) is 1.14. The first-order chi connectivity index (χ1) is 16.2. The molecule has 0 spiro atoms. The minimum Gasteiger partial charge on any atom is -0.460 e. The Kier molecular flexibility index (Phi) is 32.9. The summed E-state index contributed by atoms with van der Waals surface area (Å²) in [5.74, 6) is 8.26. The van der Waals surface area contributed by atoms with Gasteiger partial charge < -0.3 is 34.8 Å². The van der Waals surface area contributed by atoms with Crippen molar-refractivity contribution < 1.29 is 48.7 Å². The number of hydrogen-bond acceptors (Lipinski definition) is 11. The number of nitrogens with zero attached hydrogens (tertiary/aromatic N) is 1. The van der Waals surface area contributed by atoms with Crippen LogP contribution in [0.15, 0.2) is 29.3 Å². The van der Waals surface area contributed by atoms with Gasteiger partial charge in [0, 0.05) is 11.1 Å². The minimum atomic E-state index is -0.663. The highest BCUT2D eigenvalue weighted by atomic mass is 16.6. The zero-order valence-electron chi connectivity index (χ0n) is 19.2. The molecule has 0 atom stereocenters. The third-order valence-electron chi connectivity index (χ3n) is 2.56. The van der Waals surface area contributed by atoms with Crippen LogP contribution in [0.1, 0.15) is 21.3 Å². The second kappa shape index (κ2) is 30.1. The topological polar surface area (TPSA) is 181 Å². The minimum absolute atomic E-state index is 0. The van der Waals surface area contributed by atoms with Crippen LogP contribution in [0, 0.1) is 23.7 Å². The van der Waals surface area contributed by atoms with Crippen LogP contribution < -0.4 is 5.32 Å². The van der Waals surface area contributed by atoms with Gasteiger partial charge in [-0.05, 0) is 13.8 Å². The van der Waals surface area contributed by atoms with Gasteiger partial charge in [-0.2, -0.15) is 0 Å². The monoisotopic (exact) mass is 498 g/mol. The molecule has 0 aliphatic rings. The zero-order chi connectivity index (χ0) is 26.6. The average molecular weight is 499 g/mol. The molecular weight excluding hydrogens is 464 g/mol. The van der Waals surface area contributed by atoms with Gasteiger partial charge in [0.2, 0.25) is 6.08 Å². The van der Waals surface area contributed by atoms with E-state index in [1.165, 1.54) is 13.0 Å². The predicted octanol–water partition coefficient (Wildman–Crippen LogP) is -0.120. The molecule has 0 aromatic rings. The molecule has 0 heterocycles. The molecule has 0 fully saturated rings. The highest BCUT2D eigenvalue weighted by Crippen LogP contribution is 1.91. The van der Waals surface area contributed by atoms with Crippen LogP contribution in [0.25, 0.3) is 0 Å². The SMILES string of the molecule is C.C=C(C)C(=O)OCCN=C=O.C=C(C)C(=O)OCCNC(=O)OCC#CCO.OCC#CCO. The molecule has 0 aliphatic carbocycles. The third-order valence-corrected chi connectivity index (χ3v) is 2.56.